The van der Waals surface area contributed by atoms with Crippen molar-refractivity contribution in [1.29, 1.82) is 0 Å². The molecule has 0 saturated carbocycles. The second-order valence-electron chi connectivity index (χ2n) is 4.66. The molecule has 0 aliphatic rings. The normalized spacial score (nSPS) is 11.6. The monoisotopic (exact) mass is 302 g/mol. The largest absolute Gasteiger partial charge is 0.339 e. The zero-order chi connectivity index (χ0) is 12.9. The van der Waals surface area contributed by atoms with E-state index in [2.05, 4.69) is 64.5 Å². The van der Waals surface area contributed by atoms with Gasteiger partial charge in [-0.05, 0) is 44.5 Å². The molecule has 92 valence electrons. The predicted octanol–water partition coefficient (Wildman–Crippen LogP) is 4.59. The molecule has 2 heterocycles. The number of nitrogens with zero attached hydrogens (tertiary/aromatic N) is 2. The quantitative estimate of drug-likeness (QED) is 0.643. The second-order valence-corrected chi connectivity index (χ2v) is 5.57. The molecule has 0 saturated heterocycles. The number of aromatic nitrogens is 2. The Morgan fingerprint density at radius 3 is 2.67 bits per heavy atom. The Labute approximate surface area is 115 Å². The van der Waals surface area contributed by atoms with Gasteiger partial charge in [-0.1, -0.05) is 15.9 Å². The Morgan fingerprint density at radius 1 is 1.17 bits per heavy atom. The molecule has 3 aromatic rings. The molecular formula is C15H15BrN2. The van der Waals surface area contributed by atoms with E-state index in [1.54, 1.807) is 0 Å². The van der Waals surface area contributed by atoms with Gasteiger partial charge in [0.15, 0.2) is 0 Å². The lowest BCUT2D eigenvalue weighted by molar-refractivity contribution is 0.819. The highest BCUT2D eigenvalue weighted by atomic mass is 79.9. The van der Waals surface area contributed by atoms with Crippen molar-refractivity contribution in [2.24, 2.45) is 0 Å². The van der Waals surface area contributed by atoms with Gasteiger partial charge in [-0.3, -0.25) is 4.98 Å². The van der Waals surface area contributed by atoms with Crippen LogP contribution in [0, 0.1) is 13.8 Å². The first kappa shape index (κ1) is 11.7. The SMILES string of the molecule is CCn1c2c(C)cc(Br)cc2c2ccnc(C)c21. The minimum Gasteiger partial charge on any atom is -0.339 e. The lowest BCUT2D eigenvalue weighted by Gasteiger charge is -2.07. The van der Waals surface area contributed by atoms with Gasteiger partial charge in [0, 0.05) is 28.0 Å². The van der Waals surface area contributed by atoms with Gasteiger partial charge in [0.05, 0.1) is 16.7 Å². The fourth-order valence-electron chi connectivity index (χ4n) is 2.84. The summed E-state index contributed by atoms with van der Waals surface area (Å²) < 4.78 is 3.51. The lowest BCUT2D eigenvalue weighted by atomic mass is 10.1. The molecule has 3 heteroatoms. The number of benzene rings is 1. The molecule has 2 aromatic heterocycles. The summed E-state index contributed by atoms with van der Waals surface area (Å²) >= 11 is 3.59. The molecule has 18 heavy (non-hydrogen) atoms. The highest BCUT2D eigenvalue weighted by Gasteiger charge is 2.14. The van der Waals surface area contributed by atoms with Crippen LogP contribution in [0.3, 0.4) is 0 Å². The first-order valence-corrected chi connectivity index (χ1v) is 6.96. The van der Waals surface area contributed by atoms with Crippen molar-refractivity contribution >= 4 is 37.7 Å². The van der Waals surface area contributed by atoms with E-state index in [9.17, 15) is 0 Å². The predicted molar refractivity (Wildman–Crippen MR) is 80.1 cm³/mol. The number of rotatable bonds is 1. The molecule has 0 atom stereocenters. The van der Waals surface area contributed by atoms with Crippen molar-refractivity contribution in [2.75, 3.05) is 0 Å². The second kappa shape index (κ2) is 4.09. The molecule has 0 fully saturated rings. The Balaban J connectivity index is 2.66. The molecule has 0 unspecified atom stereocenters. The lowest BCUT2D eigenvalue weighted by Crippen LogP contribution is -1.97. The van der Waals surface area contributed by atoms with Crippen molar-refractivity contribution in [3.8, 4) is 0 Å². The number of hydrogen-bond acceptors (Lipinski definition) is 1. The maximum atomic E-state index is 4.43. The number of pyridine rings is 1. The standard InChI is InChI=1S/C15H15BrN2/c1-4-18-14-9(2)7-11(16)8-13(14)12-5-6-17-10(3)15(12)18/h5-8H,4H2,1-3H3. The summed E-state index contributed by atoms with van der Waals surface area (Å²) in [5.41, 5.74) is 4.99. The molecule has 1 aromatic carbocycles. The number of halogens is 1. The van der Waals surface area contributed by atoms with Crippen LogP contribution in [-0.4, -0.2) is 9.55 Å². The minimum absolute atomic E-state index is 0.967. The maximum Gasteiger partial charge on any atom is 0.0707 e. The third-order valence-electron chi connectivity index (χ3n) is 3.52. The fourth-order valence-corrected chi connectivity index (χ4v) is 3.42. The summed E-state index contributed by atoms with van der Waals surface area (Å²) in [4.78, 5) is 4.43. The minimum atomic E-state index is 0.967. The summed E-state index contributed by atoms with van der Waals surface area (Å²) in [6, 6.07) is 6.50. The summed E-state index contributed by atoms with van der Waals surface area (Å²) in [6.45, 7) is 7.40. The third-order valence-corrected chi connectivity index (χ3v) is 3.98. The van der Waals surface area contributed by atoms with Crippen LogP contribution < -0.4 is 0 Å². The van der Waals surface area contributed by atoms with E-state index in [0.29, 0.717) is 0 Å². The van der Waals surface area contributed by atoms with Gasteiger partial charge >= 0.3 is 0 Å². The molecule has 2 nitrogen and oxygen atoms in total. The van der Waals surface area contributed by atoms with Crippen molar-refractivity contribution < 1.29 is 0 Å². The average Bonchev–Trinajstić information content (AvgIpc) is 2.65. The highest BCUT2D eigenvalue weighted by molar-refractivity contribution is 9.10. The third kappa shape index (κ3) is 1.50. The van der Waals surface area contributed by atoms with Gasteiger partial charge in [0.25, 0.3) is 0 Å². The molecule has 0 amide bonds. The van der Waals surface area contributed by atoms with E-state index in [4.69, 9.17) is 0 Å². The maximum absolute atomic E-state index is 4.43. The van der Waals surface area contributed by atoms with E-state index in [1.807, 2.05) is 6.20 Å². The Hall–Kier alpha value is -1.35. The van der Waals surface area contributed by atoms with E-state index < -0.39 is 0 Å². The van der Waals surface area contributed by atoms with Crippen molar-refractivity contribution in [3.63, 3.8) is 0 Å². The summed E-state index contributed by atoms with van der Waals surface area (Å²) in [6.07, 6.45) is 1.90. The summed E-state index contributed by atoms with van der Waals surface area (Å²) in [5, 5.41) is 2.60. The Morgan fingerprint density at radius 2 is 1.94 bits per heavy atom. The van der Waals surface area contributed by atoms with E-state index in [0.717, 1.165) is 16.7 Å². The van der Waals surface area contributed by atoms with Crippen LogP contribution in [0.5, 0.6) is 0 Å². The van der Waals surface area contributed by atoms with Gasteiger partial charge in [-0.25, -0.2) is 0 Å². The zero-order valence-electron chi connectivity index (χ0n) is 10.8. The van der Waals surface area contributed by atoms with Gasteiger partial charge < -0.3 is 4.57 Å². The van der Waals surface area contributed by atoms with E-state index in [1.165, 1.54) is 27.4 Å². The molecule has 0 bridgehead atoms. The topological polar surface area (TPSA) is 17.8 Å². The van der Waals surface area contributed by atoms with Gasteiger partial charge in [0.2, 0.25) is 0 Å². The number of hydrogen-bond donors (Lipinski definition) is 0. The summed E-state index contributed by atoms with van der Waals surface area (Å²) in [7, 11) is 0. The molecule has 0 aliphatic carbocycles. The highest BCUT2D eigenvalue weighted by Crippen LogP contribution is 2.34. The van der Waals surface area contributed by atoms with Crippen LogP contribution in [0.15, 0.2) is 28.9 Å². The number of fused-ring (bicyclic) bond motifs is 3. The van der Waals surface area contributed by atoms with Crippen molar-refractivity contribution in [2.45, 2.75) is 27.3 Å². The molecular weight excluding hydrogens is 288 g/mol. The molecule has 0 N–H and O–H groups in total. The van der Waals surface area contributed by atoms with E-state index >= 15 is 0 Å². The van der Waals surface area contributed by atoms with Gasteiger partial charge in [-0.15, -0.1) is 0 Å². The Kier molecular flexibility index (Phi) is 2.67. The van der Waals surface area contributed by atoms with Crippen LogP contribution in [0.1, 0.15) is 18.2 Å². The van der Waals surface area contributed by atoms with E-state index in [-0.39, 0.29) is 0 Å². The fraction of sp³-hybridized carbons (Fsp3) is 0.267. The number of aryl methyl sites for hydroxylation is 3. The first-order chi connectivity index (χ1) is 8.63. The van der Waals surface area contributed by atoms with Crippen LogP contribution in [0.2, 0.25) is 0 Å². The molecule has 0 radical (unpaired) electrons. The van der Waals surface area contributed by atoms with Crippen molar-refractivity contribution in [1.82, 2.24) is 9.55 Å². The van der Waals surface area contributed by atoms with Crippen LogP contribution >= 0.6 is 15.9 Å². The average molecular weight is 303 g/mol. The van der Waals surface area contributed by atoms with Crippen LogP contribution in [0.4, 0.5) is 0 Å². The smallest absolute Gasteiger partial charge is 0.0707 e. The summed E-state index contributed by atoms with van der Waals surface area (Å²) in [5.74, 6) is 0. The molecule has 0 spiro atoms. The van der Waals surface area contributed by atoms with Crippen molar-refractivity contribution in [3.05, 3.63) is 40.1 Å². The first-order valence-electron chi connectivity index (χ1n) is 6.17. The van der Waals surface area contributed by atoms with Gasteiger partial charge in [0.1, 0.15) is 0 Å². The Bertz CT molecular complexity index is 756. The molecule has 3 rings (SSSR count). The van der Waals surface area contributed by atoms with Crippen LogP contribution in [-0.2, 0) is 6.54 Å². The van der Waals surface area contributed by atoms with Gasteiger partial charge in [-0.2, -0.15) is 0 Å². The zero-order valence-corrected chi connectivity index (χ0v) is 12.4. The van der Waals surface area contributed by atoms with Crippen LogP contribution in [0.25, 0.3) is 21.8 Å². The molecule has 0 aliphatic heterocycles.